The standard InChI is InChI=1S/C13H22N4O/c1-11-4-3-9-17(10-11)13(18)16-6-2-5-12-14-7-8-15-12/h7-8,11H,2-6,9-10H2,1H3,(H,14,15)(H,16,18). The van der Waals surface area contributed by atoms with E-state index in [1.165, 1.54) is 6.42 Å². The van der Waals surface area contributed by atoms with Crippen LogP contribution in [0, 0.1) is 5.92 Å². The zero-order chi connectivity index (χ0) is 12.8. The Morgan fingerprint density at radius 3 is 3.28 bits per heavy atom. The Bertz CT molecular complexity index is 363. The number of hydrogen-bond donors (Lipinski definition) is 2. The van der Waals surface area contributed by atoms with Crippen LogP contribution in [-0.4, -0.2) is 40.5 Å². The largest absolute Gasteiger partial charge is 0.349 e. The van der Waals surface area contributed by atoms with Crippen molar-refractivity contribution in [2.45, 2.75) is 32.6 Å². The number of likely N-dealkylation sites (tertiary alicyclic amines) is 1. The quantitative estimate of drug-likeness (QED) is 0.800. The molecule has 0 bridgehead atoms. The molecule has 2 heterocycles. The summed E-state index contributed by atoms with van der Waals surface area (Å²) < 4.78 is 0. The van der Waals surface area contributed by atoms with E-state index < -0.39 is 0 Å². The van der Waals surface area contributed by atoms with Gasteiger partial charge in [-0.25, -0.2) is 9.78 Å². The Kier molecular flexibility index (Phi) is 4.61. The van der Waals surface area contributed by atoms with Gasteiger partial charge in [0.25, 0.3) is 0 Å². The van der Waals surface area contributed by atoms with Crippen LogP contribution in [0.3, 0.4) is 0 Å². The number of hydrogen-bond acceptors (Lipinski definition) is 2. The van der Waals surface area contributed by atoms with E-state index in [0.29, 0.717) is 12.5 Å². The molecular formula is C13H22N4O. The van der Waals surface area contributed by atoms with Crippen molar-refractivity contribution in [2.24, 2.45) is 5.92 Å². The fourth-order valence-electron chi connectivity index (χ4n) is 2.37. The highest BCUT2D eigenvalue weighted by Gasteiger charge is 2.20. The summed E-state index contributed by atoms with van der Waals surface area (Å²) in [6.07, 6.45) is 7.74. The summed E-state index contributed by atoms with van der Waals surface area (Å²) in [6.45, 7) is 4.71. The summed E-state index contributed by atoms with van der Waals surface area (Å²) in [5, 5.41) is 2.98. The maximum absolute atomic E-state index is 11.9. The summed E-state index contributed by atoms with van der Waals surface area (Å²) in [6, 6.07) is 0.0843. The van der Waals surface area contributed by atoms with E-state index in [-0.39, 0.29) is 6.03 Å². The van der Waals surface area contributed by atoms with E-state index in [9.17, 15) is 4.79 Å². The molecule has 2 N–H and O–H groups in total. The van der Waals surface area contributed by atoms with E-state index >= 15 is 0 Å². The lowest BCUT2D eigenvalue weighted by Gasteiger charge is -2.30. The van der Waals surface area contributed by atoms with Gasteiger partial charge in [0.2, 0.25) is 0 Å². The second-order valence-corrected chi connectivity index (χ2v) is 5.06. The molecule has 0 spiro atoms. The molecule has 2 amide bonds. The van der Waals surface area contributed by atoms with E-state index in [4.69, 9.17) is 0 Å². The summed E-state index contributed by atoms with van der Waals surface area (Å²) in [7, 11) is 0. The van der Waals surface area contributed by atoms with Crippen molar-refractivity contribution in [3.8, 4) is 0 Å². The topological polar surface area (TPSA) is 61.0 Å². The molecule has 1 aliphatic rings. The number of carbonyl (C=O) groups is 1. The number of aryl methyl sites for hydroxylation is 1. The average Bonchev–Trinajstić information content (AvgIpc) is 2.87. The molecule has 2 rings (SSSR count). The summed E-state index contributed by atoms with van der Waals surface area (Å²) in [5.41, 5.74) is 0. The number of urea groups is 1. The Labute approximate surface area is 108 Å². The van der Waals surface area contributed by atoms with Crippen molar-refractivity contribution < 1.29 is 4.79 Å². The van der Waals surface area contributed by atoms with Crippen LogP contribution in [0.1, 0.15) is 32.0 Å². The van der Waals surface area contributed by atoms with Crippen LogP contribution in [0.4, 0.5) is 4.79 Å². The number of amides is 2. The lowest BCUT2D eigenvalue weighted by atomic mass is 10.0. The van der Waals surface area contributed by atoms with Gasteiger partial charge in [-0.2, -0.15) is 0 Å². The van der Waals surface area contributed by atoms with Gasteiger partial charge in [-0.1, -0.05) is 6.92 Å². The minimum atomic E-state index is 0.0843. The monoisotopic (exact) mass is 250 g/mol. The number of H-pyrrole nitrogens is 1. The molecule has 0 aromatic carbocycles. The van der Waals surface area contributed by atoms with Gasteiger partial charge in [0.05, 0.1) is 0 Å². The Hall–Kier alpha value is -1.52. The molecule has 1 fully saturated rings. The molecule has 18 heavy (non-hydrogen) atoms. The maximum atomic E-state index is 11.9. The molecule has 0 saturated carbocycles. The average molecular weight is 250 g/mol. The SMILES string of the molecule is CC1CCCN(C(=O)NCCCc2ncc[nH]2)C1. The van der Waals surface area contributed by atoms with Gasteiger partial charge in [0.15, 0.2) is 0 Å². The summed E-state index contributed by atoms with van der Waals surface area (Å²) in [4.78, 5) is 21.0. The van der Waals surface area contributed by atoms with Crippen molar-refractivity contribution in [1.29, 1.82) is 0 Å². The first-order valence-corrected chi connectivity index (χ1v) is 6.76. The highest BCUT2D eigenvalue weighted by molar-refractivity contribution is 5.74. The molecule has 1 aliphatic heterocycles. The number of aromatic amines is 1. The minimum Gasteiger partial charge on any atom is -0.349 e. The van der Waals surface area contributed by atoms with Gasteiger partial charge in [-0.3, -0.25) is 0 Å². The van der Waals surface area contributed by atoms with Crippen LogP contribution >= 0.6 is 0 Å². The third-order valence-corrected chi connectivity index (χ3v) is 3.37. The van der Waals surface area contributed by atoms with Gasteiger partial charge in [0, 0.05) is 38.4 Å². The van der Waals surface area contributed by atoms with Gasteiger partial charge in [-0.05, 0) is 25.2 Å². The van der Waals surface area contributed by atoms with Crippen molar-refractivity contribution >= 4 is 6.03 Å². The van der Waals surface area contributed by atoms with Crippen LogP contribution < -0.4 is 5.32 Å². The fraction of sp³-hybridized carbons (Fsp3) is 0.692. The summed E-state index contributed by atoms with van der Waals surface area (Å²) in [5.74, 6) is 1.61. The van der Waals surface area contributed by atoms with Gasteiger partial charge < -0.3 is 15.2 Å². The molecular weight excluding hydrogens is 228 g/mol. The number of nitrogens with zero attached hydrogens (tertiary/aromatic N) is 2. The van der Waals surface area contributed by atoms with Gasteiger partial charge in [0.1, 0.15) is 5.82 Å². The molecule has 1 unspecified atom stereocenters. The lowest BCUT2D eigenvalue weighted by molar-refractivity contribution is 0.170. The molecule has 100 valence electrons. The van der Waals surface area contributed by atoms with Crippen LogP contribution in [0.2, 0.25) is 0 Å². The second-order valence-electron chi connectivity index (χ2n) is 5.06. The van der Waals surface area contributed by atoms with Crippen molar-refractivity contribution in [3.63, 3.8) is 0 Å². The highest BCUT2D eigenvalue weighted by atomic mass is 16.2. The molecule has 1 atom stereocenters. The number of rotatable bonds is 4. The van der Waals surface area contributed by atoms with Crippen LogP contribution in [0.15, 0.2) is 12.4 Å². The number of piperidine rings is 1. The zero-order valence-corrected chi connectivity index (χ0v) is 11.0. The Morgan fingerprint density at radius 1 is 1.67 bits per heavy atom. The molecule has 5 heteroatoms. The smallest absolute Gasteiger partial charge is 0.317 e. The fourth-order valence-corrected chi connectivity index (χ4v) is 2.37. The summed E-state index contributed by atoms with van der Waals surface area (Å²) >= 11 is 0. The van der Waals surface area contributed by atoms with Crippen LogP contribution in [0.5, 0.6) is 0 Å². The van der Waals surface area contributed by atoms with Crippen molar-refractivity contribution in [1.82, 2.24) is 20.2 Å². The van der Waals surface area contributed by atoms with E-state index in [0.717, 1.165) is 38.2 Å². The molecule has 1 saturated heterocycles. The molecule has 1 aromatic rings. The van der Waals surface area contributed by atoms with Crippen molar-refractivity contribution in [3.05, 3.63) is 18.2 Å². The van der Waals surface area contributed by atoms with Crippen molar-refractivity contribution in [2.75, 3.05) is 19.6 Å². The first-order chi connectivity index (χ1) is 8.75. The van der Waals surface area contributed by atoms with E-state index in [1.54, 1.807) is 6.20 Å². The normalized spacial score (nSPS) is 19.8. The maximum Gasteiger partial charge on any atom is 0.317 e. The van der Waals surface area contributed by atoms with Crippen LogP contribution in [-0.2, 0) is 6.42 Å². The molecule has 5 nitrogen and oxygen atoms in total. The van der Waals surface area contributed by atoms with E-state index in [2.05, 4.69) is 22.2 Å². The third kappa shape index (κ3) is 3.75. The Balaban J connectivity index is 1.62. The predicted molar refractivity (Wildman–Crippen MR) is 70.3 cm³/mol. The van der Waals surface area contributed by atoms with Gasteiger partial charge >= 0.3 is 6.03 Å². The minimum absolute atomic E-state index is 0.0843. The van der Waals surface area contributed by atoms with E-state index in [1.807, 2.05) is 11.1 Å². The van der Waals surface area contributed by atoms with Crippen LogP contribution in [0.25, 0.3) is 0 Å². The van der Waals surface area contributed by atoms with Gasteiger partial charge in [-0.15, -0.1) is 0 Å². The predicted octanol–water partition coefficient (Wildman–Crippen LogP) is 1.78. The number of aromatic nitrogens is 2. The number of carbonyl (C=O) groups excluding carboxylic acids is 1. The number of nitrogens with one attached hydrogen (secondary N) is 2. The molecule has 0 radical (unpaired) electrons. The second kappa shape index (κ2) is 6.42. The zero-order valence-electron chi connectivity index (χ0n) is 11.0. The first kappa shape index (κ1) is 12.9. The third-order valence-electron chi connectivity index (χ3n) is 3.37. The molecule has 1 aromatic heterocycles. The highest BCUT2D eigenvalue weighted by Crippen LogP contribution is 2.15. The molecule has 0 aliphatic carbocycles. The first-order valence-electron chi connectivity index (χ1n) is 6.76. The lowest BCUT2D eigenvalue weighted by Crippen LogP contribution is -2.45. The number of imidazole rings is 1. The Morgan fingerprint density at radius 2 is 2.56 bits per heavy atom.